The Morgan fingerprint density at radius 1 is 0.784 bits per heavy atom. The third-order valence-corrected chi connectivity index (χ3v) is 5.46. The van der Waals surface area contributed by atoms with Crippen molar-refractivity contribution >= 4 is 11.9 Å². The number of tetrazole rings is 1. The lowest BCUT2D eigenvalue weighted by atomic mass is 10.1. The molecule has 184 valence electrons. The van der Waals surface area contributed by atoms with Gasteiger partial charge in [-0.2, -0.15) is 4.80 Å². The van der Waals surface area contributed by atoms with Crippen molar-refractivity contribution in [3.05, 3.63) is 114 Å². The number of benzene rings is 3. The van der Waals surface area contributed by atoms with E-state index in [4.69, 9.17) is 4.42 Å². The van der Waals surface area contributed by atoms with E-state index < -0.39 is 11.9 Å². The number of nitrogens with zero attached hydrogens (tertiary/aromatic N) is 4. The van der Waals surface area contributed by atoms with E-state index in [2.05, 4.69) is 31.6 Å². The Labute approximate surface area is 212 Å². The van der Waals surface area contributed by atoms with Gasteiger partial charge in [0.25, 0.3) is 5.91 Å². The van der Waals surface area contributed by atoms with Gasteiger partial charge in [0, 0.05) is 16.7 Å². The minimum atomic E-state index is -0.561. The largest absolute Gasteiger partial charge is 0.459 e. The van der Waals surface area contributed by atoms with Crippen LogP contribution in [-0.2, 0) is 13.1 Å². The molecular formula is C27H23N7O3. The highest BCUT2D eigenvalue weighted by atomic mass is 16.3. The second-order valence-electron chi connectivity index (χ2n) is 8.10. The van der Waals surface area contributed by atoms with Crippen LogP contribution >= 0.6 is 0 Å². The monoisotopic (exact) mass is 493 g/mol. The molecule has 2 aromatic heterocycles. The van der Waals surface area contributed by atoms with Gasteiger partial charge < -0.3 is 9.73 Å². The second kappa shape index (κ2) is 11.0. The Bertz CT molecular complexity index is 1480. The van der Waals surface area contributed by atoms with Gasteiger partial charge in [0.05, 0.1) is 13.1 Å². The molecular weight excluding hydrogens is 470 g/mol. The maximum atomic E-state index is 12.4. The third-order valence-electron chi connectivity index (χ3n) is 5.46. The highest BCUT2D eigenvalue weighted by Crippen LogP contribution is 2.21. The van der Waals surface area contributed by atoms with Crippen molar-refractivity contribution in [2.75, 3.05) is 0 Å². The van der Waals surface area contributed by atoms with E-state index in [1.54, 1.807) is 30.3 Å². The molecule has 0 fully saturated rings. The standard InChI is InChI=1S/C27H23N7O3/c35-26(30-31-27(36)28-17-23-15-16-24(37-23)20-7-3-1-4-8-20)22-13-11-19(12-14-22)18-34-32-25(29-33-34)21-9-5-2-6-10-21/h1-16H,17-18H2,(H,30,35)(H2,28,31,36). The van der Waals surface area contributed by atoms with E-state index in [1.807, 2.05) is 66.7 Å². The smallest absolute Gasteiger partial charge is 0.333 e. The number of hydrazine groups is 1. The van der Waals surface area contributed by atoms with Crippen LogP contribution in [0.4, 0.5) is 4.79 Å². The molecule has 0 unspecified atom stereocenters. The minimum absolute atomic E-state index is 0.172. The number of hydrogen-bond acceptors (Lipinski definition) is 6. The molecule has 0 aliphatic rings. The Hall–Kier alpha value is -5.25. The molecule has 3 aromatic carbocycles. The molecule has 0 spiro atoms. The molecule has 5 rings (SSSR count). The topological polar surface area (TPSA) is 127 Å². The number of nitrogens with one attached hydrogen (secondary N) is 3. The predicted octanol–water partition coefficient (Wildman–Crippen LogP) is 3.79. The van der Waals surface area contributed by atoms with Crippen LogP contribution in [0.2, 0.25) is 0 Å². The van der Waals surface area contributed by atoms with Crippen molar-refractivity contribution < 1.29 is 14.0 Å². The summed E-state index contributed by atoms with van der Waals surface area (Å²) in [5, 5.41) is 15.2. The second-order valence-corrected chi connectivity index (χ2v) is 8.10. The number of hydrogen-bond donors (Lipinski definition) is 3. The summed E-state index contributed by atoms with van der Waals surface area (Å²) in [6.45, 7) is 0.576. The fraction of sp³-hybridized carbons (Fsp3) is 0.0741. The normalized spacial score (nSPS) is 10.6. The lowest BCUT2D eigenvalue weighted by molar-refractivity contribution is 0.0936. The van der Waals surface area contributed by atoms with Gasteiger partial charge in [0.1, 0.15) is 11.5 Å². The van der Waals surface area contributed by atoms with E-state index >= 15 is 0 Å². The summed E-state index contributed by atoms with van der Waals surface area (Å²) in [5.74, 6) is 1.40. The Balaban J connectivity index is 1.08. The first-order chi connectivity index (χ1) is 18.1. The van der Waals surface area contributed by atoms with Crippen molar-refractivity contribution in [2.24, 2.45) is 0 Å². The number of urea groups is 1. The van der Waals surface area contributed by atoms with E-state index in [9.17, 15) is 9.59 Å². The maximum Gasteiger partial charge on any atom is 0.333 e. The Morgan fingerprint density at radius 3 is 2.22 bits per heavy atom. The summed E-state index contributed by atoms with van der Waals surface area (Å²) in [5.41, 5.74) is 7.85. The van der Waals surface area contributed by atoms with E-state index in [0.29, 0.717) is 29.5 Å². The van der Waals surface area contributed by atoms with Crippen molar-refractivity contribution in [1.29, 1.82) is 0 Å². The SMILES string of the molecule is O=C(NCc1ccc(-c2ccccc2)o1)NNC(=O)c1ccc(Cn2nnc(-c3ccccc3)n2)cc1. The Morgan fingerprint density at radius 2 is 1.49 bits per heavy atom. The molecule has 10 heteroatoms. The van der Waals surface area contributed by atoms with Gasteiger partial charge in [-0.05, 0) is 35.0 Å². The van der Waals surface area contributed by atoms with Gasteiger partial charge >= 0.3 is 6.03 Å². The maximum absolute atomic E-state index is 12.4. The number of rotatable bonds is 7. The average molecular weight is 494 g/mol. The average Bonchev–Trinajstić information content (AvgIpc) is 3.62. The van der Waals surface area contributed by atoms with Gasteiger partial charge in [-0.25, -0.2) is 10.2 Å². The first-order valence-electron chi connectivity index (χ1n) is 11.5. The zero-order valence-electron chi connectivity index (χ0n) is 19.7. The fourth-order valence-corrected chi connectivity index (χ4v) is 3.57. The third kappa shape index (κ3) is 6.06. The Kier molecular flexibility index (Phi) is 6.98. The summed E-state index contributed by atoms with van der Waals surface area (Å²) >= 11 is 0. The van der Waals surface area contributed by atoms with Crippen LogP contribution in [0.15, 0.2) is 101 Å². The lowest BCUT2D eigenvalue weighted by Crippen LogP contribution is -2.46. The van der Waals surface area contributed by atoms with Gasteiger partial charge in [-0.1, -0.05) is 72.8 Å². The molecule has 37 heavy (non-hydrogen) atoms. The van der Waals surface area contributed by atoms with Crippen LogP contribution < -0.4 is 16.2 Å². The number of carbonyl (C=O) groups excluding carboxylic acids is 2. The highest BCUT2D eigenvalue weighted by Gasteiger charge is 2.10. The molecule has 5 aromatic rings. The quantitative estimate of drug-likeness (QED) is 0.296. The summed E-state index contributed by atoms with van der Waals surface area (Å²) in [6.07, 6.45) is 0. The predicted molar refractivity (Wildman–Crippen MR) is 136 cm³/mol. The molecule has 0 radical (unpaired) electrons. The van der Waals surface area contributed by atoms with Gasteiger partial charge in [-0.3, -0.25) is 10.2 Å². The molecule has 0 aliphatic carbocycles. The van der Waals surface area contributed by atoms with E-state index in [0.717, 1.165) is 16.7 Å². The van der Waals surface area contributed by atoms with Gasteiger partial charge in [0.15, 0.2) is 0 Å². The van der Waals surface area contributed by atoms with Crippen molar-refractivity contribution in [2.45, 2.75) is 13.1 Å². The molecule has 0 bridgehead atoms. The molecule has 0 aliphatic heterocycles. The minimum Gasteiger partial charge on any atom is -0.459 e. The number of carbonyl (C=O) groups is 2. The van der Waals surface area contributed by atoms with Crippen molar-refractivity contribution in [3.63, 3.8) is 0 Å². The lowest BCUT2D eigenvalue weighted by Gasteiger charge is -2.09. The molecule has 0 saturated carbocycles. The van der Waals surface area contributed by atoms with Crippen molar-refractivity contribution in [3.8, 4) is 22.7 Å². The van der Waals surface area contributed by atoms with E-state index in [-0.39, 0.29) is 6.54 Å². The van der Waals surface area contributed by atoms with Gasteiger partial charge in [0.2, 0.25) is 5.82 Å². The molecule has 3 N–H and O–H groups in total. The van der Waals surface area contributed by atoms with Crippen LogP contribution in [0.3, 0.4) is 0 Å². The van der Waals surface area contributed by atoms with Gasteiger partial charge in [-0.15, -0.1) is 10.2 Å². The van der Waals surface area contributed by atoms with Crippen LogP contribution in [0.25, 0.3) is 22.7 Å². The fourth-order valence-electron chi connectivity index (χ4n) is 3.57. The summed E-state index contributed by atoms with van der Waals surface area (Å²) in [6, 6.07) is 29.2. The first kappa shape index (κ1) is 23.5. The van der Waals surface area contributed by atoms with Crippen LogP contribution in [0, 0.1) is 0 Å². The highest BCUT2D eigenvalue weighted by molar-refractivity contribution is 5.95. The van der Waals surface area contributed by atoms with Crippen molar-refractivity contribution in [1.82, 2.24) is 36.4 Å². The number of furan rings is 1. The molecule has 2 heterocycles. The van der Waals surface area contributed by atoms with Crippen LogP contribution in [-0.4, -0.2) is 32.1 Å². The molecule has 3 amide bonds. The molecule has 0 atom stereocenters. The number of amides is 3. The summed E-state index contributed by atoms with van der Waals surface area (Å²) in [7, 11) is 0. The zero-order chi connectivity index (χ0) is 25.5. The molecule has 10 nitrogen and oxygen atoms in total. The van der Waals surface area contributed by atoms with Crippen LogP contribution in [0.5, 0.6) is 0 Å². The van der Waals surface area contributed by atoms with Crippen LogP contribution in [0.1, 0.15) is 21.7 Å². The zero-order valence-corrected chi connectivity index (χ0v) is 19.7. The summed E-state index contributed by atoms with van der Waals surface area (Å²) < 4.78 is 5.75. The first-order valence-corrected chi connectivity index (χ1v) is 11.5. The number of aromatic nitrogens is 4. The summed E-state index contributed by atoms with van der Waals surface area (Å²) in [4.78, 5) is 26.0. The molecule has 0 saturated heterocycles. The van der Waals surface area contributed by atoms with E-state index in [1.165, 1.54) is 4.80 Å².